The van der Waals surface area contributed by atoms with Crippen LogP contribution in [0.4, 0.5) is 5.00 Å². The van der Waals surface area contributed by atoms with E-state index < -0.39 is 0 Å². The van der Waals surface area contributed by atoms with Crippen molar-refractivity contribution in [1.29, 1.82) is 0 Å². The Morgan fingerprint density at radius 1 is 1.30 bits per heavy atom. The molecular weight excluding hydrogens is 454 g/mol. The molecule has 1 saturated heterocycles. The largest absolute Gasteiger partial charge is 0.462 e. The van der Waals surface area contributed by atoms with Crippen LogP contribution in [0.2, 0.25) is 0 Å². The van der Waals surface area contributed by atoms with Crippen LogP contribution in [0, 0.1) is 11.8 Å². The molecule has 1 aliphatic carbocycles. The molecule has 2 bridgehead atoms. The highest BCUT2D eigenvalue weighted by Crippen LogP contribution is 2.41. The van der Waals surface area contributed by atoms with Gasteiger partial charge in [0.05, 0.1) is 12.2 Å². The summed E-state index contributed by atoms with van der Waals surface area (Å²) in [6.07, 6.45) is 4.90. The monoisotopic (exact) mass is 485 g/mol. The van der Waals surface area contributed by atoms with Gasteiger partial charge in [-0.25, -0.2) is 4.79 Å². The lowest BCUT2D eigenvalue weighted by molar-refractivity contribution is 0.0505. The molecule has 1 unspecified atom stereocenters. The Morgan fingerprint density at radius 2 is 2.15 bits per heavy atom. The van der Waals surface area contributed by atoms with Gasteiger partial charge in [0, 0.05) is 42.2 Å². The molecular formula is C25H31N3O3S2. The summed E-state index contributed by atoms with van der Waals surface area (Å²) in [5, 5.41) is 4.93. The molecule has 2 aromatic heterocycles. The van der Waals surface area contributed by atoms with Gasteiger partial charge in [0.2, 0.25) is 0 Å². The standard InChI is InChI=1S/C25H31N3O3S2/c1-3-9-31-24(30)22-18-8-7-15(2)10-20(18)33-23(22)26-25(32)27-12-16-11-17(14-27)19-5-4-6-21(29)28(19)13-16/h4-6,15-17H,3,7-14H2,1-2H3,(H,26,32)/t15?,16-,17+/m0/s1. The van der Waals surface area contributed by atoms with Gasteiger partial charge in [-0.3, -0.25) is 4.79 Å². The Hall–Kier alpha value is -2.19. The molecule has 2 aromatic rings. The minimum Gasteiger partial charge on any atom is -0.462 e. The van der Waals surface area contributed by atoms with Gasteiger partial charge < -0.3 is 19.5 Å². The van der Waals surface area contributed by atoms with E-state index in [-0.39, 0.29) is 17.4 Å². The average Bonchev–Trinajstić information content (AvgIpc) is 3.14. The summed E-state index contributed by atoms with van der Waals surface area (Å²) in [6, 6.07) is 5.57. The minimum absolute atomic E-state index is 0.0879. The number of esters is 1. The molecule has 2 aliphatic heterocycles. The fourth-order valence-corrected chi connectivity index (χ4v) is 7.27. The van der Waals surface area contributed by atoms with Crippen molar-refractivity contribution in [2.24, 2.45) is 11.8 Å². The van der Waals surface area contributed by atoms with Crippen LogP contribution in [0.1, 0.15) is 65.5 Å². The maximum absolute atomic E-state index is 13.0. The highest BCUT2D eigenvalue weighted by atomic mass is 32.1. The smallest absolute Gasteiger partial charge is 0.341 e. The number of thiocarbonyl (C=S) groups is 1. The number of pyridine rings is 1. The molecule has 0 aromatic carbocycles. The average molecular weight is 486 g/mol. The molecule has 33 heavy (non-hydrogen) atoms. The highest BCUT2D eigenvalue weighted by molar-refractivity contribution is 7.80. The van der Waals surface area contributed by atoms with Crippen LogP contribution in [0.3, 0.4) is 0 Å². The SMILES string of the molecule is CCCOC(=O)c1c(NC(=S)N2C[C@@H]3C[C@H](C2)c2cccc(=O)n2C3)sc2c1CCC(C)C2. The molecule has 8 heteroatoms. The first-order valence-corrected chi connectivity index (χ1v) is 13.2. The van der Waals surface area contributed by atoms with E-state index in [1.54, 1.807) is 17.4 Å². The van der Waals surface area contributed by atoms with Crippen LogP contribution >= 0.6 is 23.6 Å². The number of anilines is 1. The maximum Gasteiger partial charge on any atom is 0.341 e. The lowest BCUT2D eigenvalue weighted by Crippen LogP contribution is -2.50. The first kappa shape index (κ1) is 22.6. The predicted octanol–water partition coefficient (Wildman–Crippen LogP) is 4.42. The van der Waals surface area contributed by atoms with Crippen LogP contribution < -0.4 is 10.9 Å². The Kier molecular flexibility index (Phi) is 6.31. The van der Waals surface area contributed by atoms with E-state index in [0.29, 0.717) is 29.1 Å². The van der Waals surface area contributed by atoms with Crippen LogP contribution in [-0.4, -0.2) is 40.2 Å². The van der Waals surface area contributed by atoms with E-state index in [1.165, 1.54) is 4.88 Å². The van der Waals surface area contributed by atoms with Crippen LogP contribution in [-0.2, 0) is 24.1 Å². The number of nitrogens with one attached hydrogen (secondary N) is 1. The second-order valence-corrected chi connectivity index (χ2v) is 11.2. The van der Waals surface area contributed by atoms with Gasteiger partial charge in [0.25, 0.3) is 5.56 Å². The predicted molar refractivity (Wildman–Crippen MR) is 135 cm³/mol. The van der Waals surface area contributed by atoms with Gasteiger partial charge in [-0.15, -0.1) is 11.3 Å². The van der Waals surface area contributed by atoms with E-state index in [9.17, 15) is 9.59 Å². The molecule has 0 amide bonds. The molecule has 1 fully saturated rings. The van der Waals surface area contributed by atoms with E-state index in [1.807, 2.05) is 17.6 Å². The van der Waals surface area contributed by atoms with Gasteiger partial charge in [0.1, 0.15) is 5.00 Å². The third-order valence-corrected chi connectivity index (χ3v) is 8.67. The van der Waals surface area contributed by atoms with Gasteiger partial charge in [-0.1, -0.05) is 19.9 Å². The van der Waals surface area contributed by atoms with E-state index >= 15 is 0 Å². The van der Waals surface area contributed by atoms with Crippen molar-refractivity contribution in [2.45, 2.75) is 58.4 Å². The number of thiophene rings is 1. The molecule has 4 heterocycles. The number of carbonyl (C=O) groups is 1. The molecule has 6 nitrogen and oxygen atoms in total. The Labute approximate surface area is 203 Å². The van der Waals surface area contributed by atoms with Crippen LogP contribution in [0.25, 0.3) is 0 Å². The van der Waals surface area contributed by atoms with Crippen molar-refractivity contribution in [3.63, 3.8) is 0 Å². The summed E-state index contributed by atoms with van der Waals surface area (Å²) < 4.78 is 7.48. The van der Waals surface area contributed by atoms with Gasteiger partial charge in [-0.2, -0.15) is 0 Å². The van der Waals surface area contributed by atoms with Crippen LogP contribution in [0.5, 0.6) is 0 Å². The molecule has 3 aliphatic rings. The lowest BCUT2D eigenvalue weighted by Gasteiger charge is -2.43. The van der Waals surface area contributed by atoms with Gasteiger partial charge in [0.15, 0.2) is 5.11 Å². The number of carbonyl (C=O) groups excluding carboxylic acids is 1. The zero-order chi connectivity index (χ0) is 23.1. The summed E-state index contributed by atoms with van der Waals surface area (Å²) in [7, 11) is 0. The van der Waals surface area contributed by atoms with Crippen molar-refractivity contribution in [3.05, 3.63) is 50.3 Å². The van der Waals surface area contributed by atoms with Crippen molar-refractivity contribution < 1.29 is 9.53 Å². The number of piperidine rings is 1. The van der Waals surface area contributed by atoms with E-state index in [4.69, 9.17) is 17.0 Å². The first-order valence-electron chi connectivity index (χ1n) is 12.0. The fraction of sp³-hybridized carbons (Fsp3) is 0.560. The Morgan fingerprint density at radius 3 is 2.97 bits per heavy atom. The van der Waals surface area contributed by atoms with E-state index in [0.717, 1.165) is 68.0 Å². The number of hydrogen-bond donors (Lipinski definition) is 1. The van der Waals surface area contributed by atoms with Crippen molar-refractivity contribution in [1.82, 2.24) is 9.47 Å². The second kappa shape index (κ2) is 9.22. The van der Waals surface area contributed by atoms with Crippen molar-refractivity contribution >= 4 is 39.6 Å². The summed E-state index contributed by atoms with van der Waals surface area (Å²) in [5.74, 6) is 1.07. The molecule has 0 saturated carbocycles. The quantitative estimate of drug-likeness (QED) is 0.511. The van der Waals surface area contributed by atoms with Crippen molar-refractivity contribution in [2.75, 3.05) is 25.0 Å². The maximum atomic E-state index is 13.0. The van der Waals surface area contributed by atoms with Gasteiger partial charge >= 0.3 is 5.97 Å². The number of ether oxygens (including phenoxy) is 1. The zero-order valence-electron chi connectivity index (χ0n) is 19.3. The van der Waals surface area contributed by atoms with E-state index in [2.05, 4.69) is 23.2 Å². The Bertz CT molecular complexity index is 1140. The second-order valence-electron chi connectivity index (χ2n) is 9.73. The summed E-state index contributed by atoms with van der Waals surface area (Å²) in [4.78, 5) is 28.8. The number of rotatable bonds is 4. The molecule has 5 rings (SSSR count). The number of nitrogens with zero attached hydrogens (tertiary/aromatic N) is 2. The molecule has 3 atom stereocenters. The summed E-state index contributed by atoms with van der Waals surface area (Å²) in [6.45, 7) is 7.05. The third-order valence-electron chi connectivity index (χ3n) is 7.14. The first-order chi connectivity index (χ1) is 15.9. The van der Waals surface area contributed by atoms with Crippen LogP contribution in [0.15, 0.2) is 23.0 Å². The summed E-state index contributed by atoms with van der Waals surface area (Å²) >= 11 is 7.52. The van der Waals surface area contributed by atoms with Crippen molar-refractivity contribution in [3.8, 4) is 0 Å². The molecule has 176 valence electrons. The Balaban J connectivity index is 1.38. The normalized spacial score (nSPS) is 23.5. The molecule has 0 spiro atoms. The summed E-state index contributed by atoms with van der Waals surface area (Å²) in [5.41, 5.74) is 3.03. The molecule has 1 N–H and O–H groups in total. The molecule has 0 radical (unpaired) electrons. The zero-order valence-corrected chi connectivity index (χ0v) is 20.9. The fourth-order valence-electron chi connectivity index (χ4n) is 5.56. The number of fused-ring (bicyclic) bond motifs is 5. The number of likely N-dealkylation sites (tertiary alicyclic amines) is 1. The number of hydrogen-bond acceptors (Lipinski definition) is 5. The third kappa shape index (κ3) is 4.35. The van der Waals surface area contributed by atoms with Gasteiger partial charge in [-0.05, 0) is 67.8 Å². The minimum atomic E-state index is -0.238. The topological polar surface area (TPSA) is 63.6 Å². The number of aromatic nitrogens is 1. The lowest BCUT2D eigenvalue weighted by atomic mass is 9.83. The highest BCUT2D eigenvalue weighted by Gasteiger charge is 2.36.